The Morgan fingerprint density at radius 2 is 1.91 bits per heavy atom. The molecule has 1 atom stereocenters. The Kier molecular flexibility index (Phi) is 4.02. The van der Waals surface area contributed by atoms with Crippen molar-refractivity contribution in [1.82, 2.24) is 14.3 Å². The average molecular weight is 309 g/mol. The second-order valence-corrected chi connectivity index (χ2v) is 5.50. The molecule has 0 fully saturated rings. The Balaban J connectivity index is 2.00. The number of benzene rings is 1. The van der Waals surface area contributed by atoms with Gasteiger partial charge in [0.15, 0.2) is 0 Å². The summed E-state index contributed by atoms with van der Waals surface area (Å²) in [6.45, 7) is 2.10. The van der Waals surface area contributed by atoms with Crippen LogP contribution >= 0.6 is 0 Å². The van der Waals surface area contributed by atoms with Crippen molar-refractivity contribution in [2.24, 2.45) is 7.05 Å². The van der Waals surface area contributed by atoms with Gasteiger partial charge in [0.1, 0.15) is 5.75 Å². The molecule has 0 saturated heterocycles. The normalized spacial score (nSPS) is 12.1. The first-order valence-corrected chi connectivity index (χ1v) is 7.44. The van der Waals surface area contributed by atoms with Crippen molar-refractivity contribution >= 4 is 0 Å². The van der Waals surface area contributed by atoms with Gasteiger partial charge in [-0.1, -0.05) is 30.3 Å². The molecule has 0 radical (unpaired) electrons. The first-order valence-electron chi connectivity index (χ1n) is 7.44. The minimum absolute atomic E-state index is 0.101. The monoisotopic (exact) mass is 309 g/mol. The van der Waals surface area contributed by atoms with E-state index in [9.17, 15) is 4.79 Å². The van der Waals surface area contributed by atoms with Crippen molar-refractivity contribution in [1.29, 1.82) is 0 Å². The molecular weight excluding hydrogens is 290 g/mol. The molecule has 23 heavy (non-hydrogen) atoms. The van der Waals surface area contributed by atoms with Crippen LogP contribution in [0.2, 0.25) is 0 Å². The molecule has 0 bridgehead atoms. The lowest BCUT2D eigenvalue weighted by molar-refractivity contribution is 0.414. The molecule has 0 amide bonds. The molecule has 1 aromatic carbocycles. The summed E-state index contributed by atoms with van der Waals surface area (Å²) in [6, 6.07) is 11.8. The molecular formula is C18H19N3O2. The lowest BCUT2D eigenvalue weighted by Crippen LogP contribution is -2.15. The maximum atomic E-state index is 11.7. The third-order valence-electron chi connectivity index (χ3n) is 4.00. The van der Waals surface area contributed by atoms with Crippen LogP contribution in [0.4, 0.5) is 0 Å². The molecule has 3 aromatic rings. The molecule has 5 nitrogen and oxygen atoms in total. The standard InChI is InChI=1S/C18H19N3O2/c1-13(14-7-5-4-6-8-14)21-11-15(10-19-21)16-12-20(2)18(22)9-17(16)23-3/h4-13H,1-3H3. The zero-order chi connectivity index (χ0) is 16.4. The predicted molar refractivity (Wildman–Crippen MR) is 89.7 cm³/mol. The number of hydrogen-bond acceptors (Lipinski definition) is 3. The number of hydrogen-bond donors (Lipinski definition) is 0. The van der Waals surface area contributed by atoms with Crippen molar-refractivity contribution in [3.63, 3.8) is 0 Å². The van der Waals surface area contributed by atoms with Crippen molar-refractivity contribution in [3.05, 3.63) is 70.9 Å². The average Bonchev–Trinajstić information content (AvgIpc) is 3.06. The fourth-order valence-corrected chi connectivity index (χ4v) is 2.57. The molecule has 2 aromatic heterocycles. The molecule has 118 valence electrons. The van der Waals surface area contributed by atoms with E-state index in [1.807, 2.05) is 29.1 Å². The van der Waals surface area contributed by atoms with Gasteiger partial charge in [-0.3, -0.25) is 9.48 Å². The summed E-state index contributed by atoms with van der Waals surface area (Å²) in [5, 5.41) is 4.47. The predicted octanol–water partition coefficient (Wildman–Crippen LogP) is 2.87. The van der Waals surface area contributed by atoms with Crippen molar-refractivity contribution in [3.8, 4) is 16.9 Å². The number of ether oxygens (including phenoxy) is 1. The van der Waals surface area contributed by atoms with Gasteiger partial charge in [0.2, 0.25) is 0 Å². The van der Waals surface area contributed by atoms with Gasteiger partial charge in [-0.2, -0.15) is 5.10 Å². The Morgan fingerprint density at radius 3 is 2.61 bits per heavy atom. The van der Waals surface area contributed by atoms with Crippen LogP contribution in [0, 0.1) is 0 Å². The van der Waals surface area contributed by atoms with E-state index in [1.54, 1.807) is 26.6 Å². The highest BCUT2D eigenvalue weighted by molar-refractivity contribution is 5.68. The molecule has 2 heterocycles. The maximum Gasteiger partial charge on any atom is 0.254 e. The fourth-order valence-electron chi connectivity index (χ4n) is 2.57. The molecule has 0 N–H and O–H groups in total. The summed E-state index contributed by atoms with van der Waals surface area (Å²) in [5.74, 6) is 0.556. The van der Waals surface area contributed by atoms with Crippen molar-refractivity contribution < 1.29 is 4.74 Å². The third kappa shape index (κ3) is 2.90. The number of aromatic nitrogens is 3. The highest BCUT2D eigenvalue weighted by Crippen LogP contribution is 2.29. The number of aryl methyl sites for hydroxylation is 1. The Bertz CT molecular complexity index is 865. The number of pyridine rings is 1. The Morgan fingerprint density at radius 1 is 1.17 bits per heavy atom. The minimum Gasteiger partial charge on any atom is -0.496 e. The second-order valence-electron chi connectivity index (χ2n) is 5.50. The first kappa shape index (κ1) is 15.1. The Labute approximate surface area is 134 Å². The van der Waals surface area contributed by atoms with E-state index in [2.05, 4.69) is 24.2 Å². The summed E-state index contributed by atoms with van der Waals surface area (Å²) >= 11 is 0. The molecule has 0 aliphatic rings. The van der Waals surface area contributed by atoms with Gasteiger partial charge in [-0.05, 0) is 12.5 Å². The fraction of sp³-hybridized carbons (Fsp3) is 0.222. The maximum absolute atomic E-state index is 11.7. The molecule has 0 saturated carbocycles. The van der Waals surface area contributed by atoms with Gasteiger partial charge in [0.25, 0.3) is 5.56 Å². The van der Waals surface area contributed by atoms with Gasteiger partial charge < -0.3 is 9.30 Å². The van der Waals surface area contributed by atoms with E-state index in [0.717, 1.165) is 11.1 Å². The topological polar surface area (TPSA) is 49.1 Å². The number of nitrogens with zero attached hydrogens (tertiary/aromatic N) is 3. The molecule has 0 aliphatic carbocycles. The number of methoxy groups -OCH3 is 1. The van der Waals surface area contributed by atoms with Crippen LogP contribution in [0.1, 0.15) is 18.5 Å². The minimum atomic E-state index is -0.101. The largest absolute Gasteiger partial charge is 0.496 e. The van der Waals surface area contributed by atoms with Gasteiger partial charge in [0.05, 0.1) is 19.3 Å². The van der Waals surface area contributed by atoms with Crippen LogP contribution in [0.25, 0.3) is 11.1 Å². The van der Waals surface area contributed by atoms with E-state index >= 15 is 0 Å². The van der Waals surface area contributed by atoms with Gasteiger partial charge in [0, 0.05) is 36.6 Å². The molecule has 0 spiro atoms. The van der Waals surface area contributed by atoms with Crippen LogP contribution in [-0.4, -0.2) is 21.5 Å². The Hall–Kier alpha value is -2.82. The summed E-state index contributed by atoms with van der Waals surface area (Å²) in [5.41, 5.74) is 2.85. The third-order valence-corrected chi connectivity index (χ3v) is 4.00. The van der Waals surface area contributed by atoms with Crippen LogP contribution in [-0.2, 0) is 7.05 Å². The lowest BCUT2D eigenvalue weighted by Gasteiger charge is -2.12. The molecule has 0 aliphatic heterocycles. The van der Waals surface area contributed by atoms with E-state index in [0.29, 0.717) is 5.75 Å². The van der Waals surface area contributed by atoms with Crippen molar-refractivity contribution in [2.45, 2.75) is 13.0 Å². The van der Waals surface area contributed by atoms with Crippen LogP contribution in [0.15, 0.2) is 59.8 Å². The van der Waals surface area contributed by atoms with Crippen molar-refractivity contribution in [2.75, 3.05) is 7.11 Å². The van der Waals surface area contributed by atoms with Gasteiger partial charge >= 0.3 is 0 Å². The summed E-state index contributed by atoms with van der Waals surface area (Å²) < 4.78 is 8.79. The van der Waals surface area contributed by atoms with Crippen LogP contribution in [0.3, 0.4) is 0 Å². The first-order chi connectivity index (χ1) is 11.1. The highest BCUT2D eigenvalue weighted by atomic mass is 16.5. The molecule has 1 unspecified atom stereocenters. The molecule has 5 heteroatoms. The van der Waals surface area contributed by atoms with E-state index in [1.165, 1.54) is 16.2 Å². The van der Waals surface area contributed by atoms with Crippen LogP contribution < -0.4 is 10.3 Å². The van der Waals surface area contributed by atoms with Gasteiger partial charge in [-0.15, -0.1) is 0 Å². The highest BCUT2D eigenvalue weighted by Gasteiger charge is 2.13. The second kappa shape index (κ2) is 6.12. The summed E-state index contributed by atoms with van der Waals surface area (Å²) in [7, 11) is 3.29. The SMILES string of the molecule is COc1cc(=O)n(C)cc1-c1cnn(C(C)c2ccccc2)c1. The quantitative estimate of drug-likeness (QED) is 0.744. The smallest absolute Gasteiger partial charge is 0.254 e. The molecule has 3 rings (SSSR count). The lowest BCUT2D eigenvalue weighted by atomic mass is 10.1. The van der Waals surface area contributed by atoms with E-state index in [4.69, 9.17) is 4.74 Å². The van der Waals surface area contributed by atoms with E-state index in [-0.39, 0.29) is 11.6 Å². The van der Waals surface area contributed by atoms with Gasteiger partial charge in [-0.25, -0.2) is 0 Å². The summed E-state index contributed by atoms with van der Waals surface area (Å²) in [6.07, 6.45) is 5.54. The van der Waals surface area contributed by atoms with E-state index < -0.39 is 0 Å². The number of rotatable bonds is 4. The summed E-state index contributed by atoms with van der Waals surface area (Å²) in [4.78, 5) is 11.7. The van der Waals surface area contributed by atoms with Crippen LogP contribution in [0.5, 0.6) is 5.75 Å². The zero-order valence-electron chi connectivity index (χ0n) is 13.4. The zero-order valence-corrected chi connectivity index (χ0v) is 13.4.